The van der Waals surface area contributed by atoms with Crippen LogP contribution >= 0.6 is 11.6 Å². The Morgan fingerprint density at radius 2 is 1.91 bits per heavy atom. The molecule has 1 saturated heterocycles. The molecule has 2 heterocycles. The minimum atomic E-state index is -3.22. The fourth-order valence-electron chi connectivity index (χ4n) is 3.55. The van der Waals surface area contributed by atoms with Gasteiger partial charge in [0.1, 0.15) is 21.4 Å². The third-order valence-corrected chi connectivity index (χ3v) is 6.31. The van der Waals surface area contributed by atoms with Crippen LogP contribution in [0.2, 0.25) is 5.02 Å². The van der Waals surface area contributed by atoms with Crippen LogP contribution in [-0.4, -0.2) is 54.4 Å². The Morgan fingerprint density at radius 1 is 1.15 bits per heavy atom. The Balaban J connectivity index is 1.64. The largest absolute Gasteiger partial charge is 0.437 e. The number of ether oxygens (including phenoxy) is 1. The number of urea groups is 1. The summed E-state index contributed by atoms with van der Waals surface area (Å²) in [5.41, 5.74) is 7.05. The highest BCUT2D eigenvalue weighted by Gasteiger charge is 2.39. The van der Waals surface area contributed by atoms with Crippen molar-refractivity contribution < 1.29 is 17.9 Å². The fraction of sp³-hybridized carbons (Fsp3) is 0.227. The molecule has 2 aromatic carbocycles. The molecule has 0 radical (unpaired) electrons. The molecule has 0 unspecified atom stereocenters. The molecule has 1 aliphatic rings. The van der Waals surface area contributed by atoms with Gasteiger partial charge in [0, 0.05) is 30.1 Å². The quantitative estimate of drug-likeness (QED) is 0.541. The average molecular weight is 488 g/mol. The lowest BCUT2D eigenvalue weighted by Gasteiger charge is -2.24. The number of amides is 2. The summed E-state index contributed by atoms with van der Waals surface area (Å²) in [6.07, 6.45) is 3.98. The zero-order valence-corrected chi connectivity index (χ0v) is 19.3. The second-order valence-corrected chi connectivity index (χ2v) is 10.4. The highest BCUT2D eigenvalue weighted by Crippen LogP contribution is 2.36. The number of carbonyl (C=O) groups excluding carboxylic acids is 1. The third-order valence-electron chi connectivity index (χ3n) is 5.13. The average Bonchev–Trinajstić information content (AvgIpc) is 3.10. The summed E-state index contributed by atoms with van der Waals surface area (Å²) in [6.45, 7) is 0.428. The number of carbonyl (C=O) groups is 1. The lowest BCUT2D eigenvalue weighted by Crippen LogP contribution is -2.35. The van der Waals surface area contributed by atoms with Gasteiger partial charge in [0.25, 0.3) is 0 Å². The zero-order valence-electron chi connectivity index (χ0n) is 17.8. The standard InChI is InChI=1S/C22H22ClN5O4S/c1-33(30,31)10-9-27-14-19(28(22(27)29)17-7-5-16(23)6-8-17)15-3-2-4-18(11-15)32-21-13-25-20(24)12-26-21/h2-8,11-13,19H,9-10,14H2,1H3,(H2,24,25)/t19-/m1/s1. The first-order valence-corrected chi connectivity index (χ1v) is 12.5. The second kappa shape index (κ2) is 9.24. The first-order chi connectivity index (χ1) is 15.7. The van der Waals surface area contributed by atoms with Crippen molar-refractivity contribution >= 4 is 39.0 Å². The van der Waals surface area contributed by atoms with Gasteiger partial charge < -0.3 is 15.4 Å². The number of benzene rings is 2. The van der Waals surface area contributed by atoms with Crippen molar-refractivity contribution in [3.63, 3.8) is 0 Å². The Kier molecular flexibility index (Phi) is 6.39. The van der Waals surface area contributed by atoms with Gasteiger partial charge in [-0.1, -0.05) is 23.7 Å². The molecule has 0 saturated carbocycles. The minimum Gasteiger partial charge on any atom is -0.437 e. The second-order valence-electron chi connectivity index (χ2n) is 7.67. The SMILES string of the molecule is CS(=O)(=O)CCN1C[C@H](c2cccc(Oc3cnc(N)cn3)c2)N(c2ccc(Cl)cc2)C1=O. The number of aromatic nitrogens is 2. The van der Waals surface area contributed by atoms with Gasteiger partial charge in [0.15, 0.2) is 0 Å². The smallest absolute Gasteiger partial charge is 0.325 e. The number of nitrogens with two attached hydrogens (primary N) is 1. The summed E-state index contributed by atoms with van der Waals surface area (Å²) in [4.78, 5) is 24.5. The highest BCUT2D eigenvalue weighted by molar-refractivity contribution is 7.90. The predicted molar refractivity (Wildman–Crippen MR) is 126 cm³/mol. The maximum Gasteiger partial charge on any atom is 0.325 e. The summed E-state index contributed by atoms with van der Waals surface area (Å²) < 4.78 is 29.1. The van der Waals surface area contributed by atoms with Gasteiger partial charge in [0.05, 0.1) is 24.2 Å². The zero-order chi connectivity index (χ0) is 23.6. The molecule has 3 aromatic rings. The van der Waals surface area contributed by atoms with Crippen LogP contribution in [-0.2, 0) is 9.84 Å². The van der Waals surface area contributed by atoms with Crippen LogP contribution in [0.25, 0.3) is 0 Å². The van der Waals surface area contributed by atoms with Crippen LogP contribution < -0.4 is 15.4 Å². The van der Waals surface area contributed by atoms with Crippen LogP contribution in [0.15, 0.2) is 60.9 Å². The first-order valence-electron chi connectivity index (χ1n) is 10.1. The van der Waals surface area contributed by atoms with Crippen molar-refractivity contribution in [1.29, 1.82) is 0 Å². The van der Waals surface area contributed by atoms with Gasteiger partial charge >= 0.3 is 6.03 Å². The van der Waals surface area contributed by atoms with E-state index < -0.39 is 9.84 Å². The number of nitrogen functional groups attached to an aromatic ring is 1. The Labute approximate surface area is 196 Å². The molecule has 1 aromatic heterocycles. The molecule has 0 spiro atoms. The van der Waals surface area contributed by atoms with E-state index in [1.165, 1.54) is 12.4 Å². The summed E-state index contributed by atoms with van der Waals surface area (Å²) >= 11 is 6.03. The number of nitrogens with zero attached hydrogens (tertiary/aromatic N) is 4. The molecule has 1 atom stereocenters. The minimum absolute atomic E-state index is 0.107. The molecule has 0 aliphatic carbocycles. The van der Waals surface area contributed by atoms with E-state index in [4.69, 9.17) is 22.1 Å². The van der Waals surface area contributed by atoms with E-state index in [1.807, 2.05) is 18.2 Å². The van der Waals surface area contributed by atoms with Crippen LogP contribution in [0.4, 0.5) is 16.3 Å². The Bertz CT molecular complexity index is 1250. The predicted octanol–water partition coefficient (Wildman–Crippen LogP) is 3.53. The molecule has 4 rings (SSSR count). The topological polar surface area (TPSA) is 119 Å². The number of rotatable bonds is 7. The van der Waals surface area contributed by atoms with Gasteiger partial charge in [-0.15, -0.1) is 0 Å². The summed E-state index contributed by atoms with van der Waals surface area (Å²) in [7, 11) is -3.22. The first kappa shape index (κ1) is 22.8. The molecule has 0 bridgehead atoms. The van der Waals surface area contributed by atoms with Gasteiger partial charge in [0.2, 0.25) is 5.88 Å². The Hall–Kier alpha value is -3.37. The van der Waals surface area contributed by atoms with E-state index in [2.05, 4.69) is 9.97 Å². The van der Waals surface area contributed by atoms with Crippen molar-refractivity contribution in [1.82, 2.24) is 14.9 Å². The highest BCUT2D eigenvalue weighted by atomic mass is 35.5. The molecule has 2 N–H and O–H groups in total. The summed E-state index contributed by atoms with van der Waals surface area (Å²) in [5, 5.41) is 0.552. The maximum atomic E-state index is 13.3. The van der Waals surface area contributed by atoms with Gasteiger partial charge in [-0.3, -0.25) is 4.90 Å². The maximum absolute atomic E-state index is 13.3. The number of anilines is 2. The number of hydrogen-bond acceptors (Lipinski definition) is 7. The van der Waals surface area contributed by atoms with Crippen molar-refractivity contribution in [3.05, 3.63) is 71.5 Å². The van der Waals surface area contributed by atoms with E-state index in [-0.39, 0.29) is 36.1 Å². The summed E-state index contributed by atoms with van der Waals surface area (Å²) in [6, 6.07) is 13.6. The van der Waals surface area contributed by atoms with Crippen molar-refractivity contribution in [2.75, 3.05) is 35.7 Å². The van der Waals surface area contributed by atoms with E-state index in [1.54, 1.807) is 40.1 Å². The van der Waals surface area contributed by atoms with Gasteiger partial charge in [-0.25, -0.2) is 23.2 Å². The molecular weight excluding hydrogens is 466 g/mol. The van der Waals surface area contributed by atoms with Gasteiger partial charge in [-0.05, 0) is 42.0 Å². The molecule has 2 amide bonds. The molecule has 11 heteroatoms. The number of hydrogen-bond donors (Lipinski definition) is 1. The van der Waals surface area contributed by atoms with Gasteiger partial charge in [-0.2, -0.15) is 0 Å². The van der Waals surface area contributed by atoms with E-state index in [0.29, 0.717) is 23.0 Å². The molecule has 1 fully saturated rings. The number of halogens is 1. The summed E-state index contributed by atoms with van der Waals surface area (Å²) in [5.74, 6) is 0.977. The normalized spacial score (nSPS) is 16.3. The fourth-order valence-corrected chi connectivity index (χ4v) is 4.23. The molecule has 33 heavy (non-hydrogen) atoms. The molecule has 1 aliphatic heterocycles. The molecule has 9 nitrogen and oxygen atoms in total. The molecular formula is C22H22ClN5O4S. The number of sulfone groups is 1. The van der Waals surface area contributed by atoms with Crippen LogP contribution in [0.5, 0.6) is 11.6 Å². The van der Waals surface area contributed by atoms with Crippen molar-refractivity contribution in [2.24, 2.45) is 0 Å². The van der Waals surface area contributed by atoms with Crippen molar-refractivity contribution in [3.8, 4) is 11.6 Å². The Morgan fingerprint density at radius 3 is 2.58 bits per heavy atom. The lowest BCUT2D eigenvalue weighted by molar-refractivity contribution is 0.223. The van der Waals surface area contributed by atoms with E-state index >= 15 is 0 Å². The monoisotopic (exact) mass is 487 g/mol. The van der Waals surface area contributed by atoms with E-state index in [0.717, 1.165) is 11.8 Å². The van der Waals surface area contributed by atoms with Crippen molar-refractivity contribution in [2.45, 2.75) is 6.04 Å². The van der Waals surface area contributed by atoms with Crippen LogP contribution in [0, 0.1) is 0 Å². The third kappa shape index (κ3) is 5.52. The lowest BCUT2D eigenvalue weighted by atomic mass is 10.1. The molecule has 172 valence electrons. The van der Waals surface area contributed by atoms with E-state index in [9.17, 15) is 13.2 Å². The van der Waals surface area contributed by atoms with Crippen LogP contribution in [0.1, 0.15) is 11.6 Å². The van der Waals surface area contributed by atoms with Crippen LogP contribution in [0.3, 0.4) is 0 Å².